The van der Waals surface area contributed by atoms with E-state index in [2.05, 4.69) is 35.0 Å². The second-order valence-corrected chi connectivity index (χ2v) is 5.80. The molecular formula is C17H23N3. The van der Waals surface area contributed by atoms with Crippen LogP contribution in [-0.4, -0.2) is 29.0 Å². The number of aryl methyl sites for hydroxylation is 1. The van der Waals surface area contributed by atoms with Gasteiger partial charge in [0.05, 0.1) is 5.52 Å². The SMILES string of the molecule is Cc1ccc(CN2CCCCC2CN)c2cccnc12. The van der Waals surface area contributed by atoms with Crippen molar-refractivity contribution in [1.29, 1.82) is 0 Å². The molecule has 3 heteroatoms. The van der Waals surface area contributed by atoms with Crippen molar-refractivity contribution >= 4 is 10.9 Å². The van der Waals surface area contributed by atoms with Crippen LogP contribution in [0, 0.1) is 6.92 Å². The Bertz CT molecular complexity index is 594. The van der Waals surface area contributed by atoms with Crippen molar-refractivity contribution in [1.82, 2.24) is 9.88 Å². The molecule has 0 aliphatic carbocycles. The second-order valence-electron chi connectivity index (χ2n) is 5.80. The summed E-state index contributed by atoms with van der Waals surface area (Å²) in [4.78, 5) is 7.07. The topological polar surface area (TPSA) is 42.1 Å². The van der Waals surface area contributed by atoms with Crippen molar-refractivity contribution in [2.45, 2.75) is 38.8 Å². The Morgan fingerprint density at radius 3 is 3.05 bits per heavy atom. The summed E-state index contributed by atoms with van der Waals surface area (Å²) >= 11 is 0. The van der Waals surface area contributed by atoms with Crippen molar-refractivity contribution in [3.8, 4) is 0 Å². The quantitative estimate of drug-likeness (QED) is 0.931. The maximum absolute atomic E-state index is 5.93. The first-order valence-corrected chi connectivity index (χ1v) is 7.57. The van der Waals surface area contributed by atoms with Gasteiger partial charge in [-0.3, -0.25) is 9.88 Å². The first-order valence-electron chi connectivity index (χ1n) is 7.57. The minimum absolute atomic E-state index is 0.539. The summed E-state index contributed by atoms with van der Waals surface area (Å²) in [6, 6.07) is 9.19. The van der Waals surface area contributed by atoms with E-state index in [4.69, 9.17) is 5.73 Å². The number of benzene rings is 1. The molecule has 1 unspecified atom stereocenters. The zero-order valence-corrected chi connectivity index (χ0v) is 12.2. The highest BCUT2D eigenvalue weighted by atomic mass is 15.2. The van der Waals surface area contributed by atoms with E-state index in [9.17, 15) is 0 Å². The monoisotopic (exact) mass is 269 g/mol. The van der Waals surface area contributed by atoms with Gasteiger partial charge in [-0.2, -0.15) is 0 Å². The number of hydrogen-bond donors (Lipinski definition) is 1. The Labute approximate surface area is 120 Å². The van der Waals surface area contributed by atoms with E-state index < -0.39 is 0 Å². The van der Waals surface area contributed by atoms with E-state index in [1.165, 1.54) is 35.8 Å². The molecule has 20 heavy (non-hydrogen) atoms. The van der Waals surface area contributed by atoms with Crippen LogP contribution in [0.15, 0.2) is 30.5 Å². The summed E-state index contributed by atoms with van der Waals surface area (Å²) in [5, 5.41) is 1.29. The van der Waals surface area contributed by atoms with Crippen LogP contribution >= 0.6 is 0 Å². The lowest BCUT2D eigenvalue weighted by Gasteiger charge is -2.35. The fourth-order valence-corrected chi connectivity index (χ4v) is 3.26. The molecule has 2 N–H and O–H groups in total. The Morgan fingerprint density at radius 2 is 2.20 bits per heavy atom. The second kappa shape index (κ2) is 5.90. The van der Waals surface area contributed by atoms with Gasteiger partial charge in [0.1, 0.15) is 0 Å². The number of hydrogen-bond acceptors (Lipinski definition) is 3. The van der Waals surface area contributed by atoms with Crippen molar-refractivity contribution in [3.63, 3.8) is 0 Å². The minimum Gasteiger partial charge on any atom is -0.329 e. The van der Waals surface area contributed by atoms with Gasteiger partial charge >= 0.3 is 0 Å². The molecule has 1 fully saturated rings. The normalized spacial score (nSPS) is 20.4. The van der Waals surface area contributed by atoms with Crippen molar-refractivity contribution in [2.24, 2.45) is 5.73 Å². The summed E-state index contributed by atoms with van der Waals surface area (Å²) in [5.74, 6) is 0. The van der Waals surface area contributed by atoms with Gasteiger partial charge in [-0.05, 0) is 43.5 Å². The van der Waals surface area contributed by atoms with Gasteiger partial charge in [0.2, 0.25) is 0 Å². The zero-order valence-electron chi connectivity index (χ0n) is 12.2. The summed E-state index contributed by atoms with van der Waals surface area (Å²) < 4.78 is 0. The third-order valence-corrected chi connectivity index (χ3v) is 4.46. The van der Waals surface area contributed by atoms with Gasteiger partial charge in [0.15, 0.2) is 0 Å². The molecule has 2 aromatic rings. The largest absolute Gasteiger partial charge is 0.329 e. The van der Waals surface area contributed by atoms with Crippen molar-refractivity contribution < 1.29 is 0 Å². The summed E-state index contributed by atoms with van der Waals surface area (Å²) in [6.45, 7) is 5.05. The lowest BCUT2D eigenvalue weighted by Crippen LogP contribution is -2.43. The van der Waals surface area contributed by atoms with Gasteiger partial charge in [0.25, 0.3) is 0 Å². The number of nitrogens with zero attached hydrogens (tertiary/aromatic N) is 2. The number of pyridine rings is 1. The lowest BCUT2D eigenvalue weighted by atomic mass is 9.99. The molecule has 3 rings (SSSR count). The van der Waals surface area contributed by atoms with E-state index in [0.717, 1.165) is 25.2 Å². The van der Waals surface area contributed by atoms with Gasteiger partial charge in [0, 0.05) is 30.7 Å². The number of fused-ring (bicyclic) bond motifs is 1. The standard InChI is InChI=1S/C17H23N3/c1-13-7-8-14(16-6-4-9-19-17(13)16)12-20-10-3-2-5-15(20)11-18/h4,6-9,15H,2-3,5,10-12,18H2,1H3. The predicted molar refractivity (Wildman–Crippen MR) is 83.6 cm³/mol. The number of aromatic nitrogens is 1. The van der Waals surface area contributed by atoms with E-state index in [0.29, 0.717) is 6.04 Å². The third-order valence-electron chi connectivity index (χ3n) is 4.46. The van der Waals surface area contributed by atoms with Gasteiger partial charge in [-0.15, -0.1) is 0 Å². The molecule has 1 saturated heterocycles. The Hall–Kier alpha value is -1.45. The molecule has 1 atom stereocenters. The summed E-state index contributed by atoms with van der Waals surface area (Å²) in [7, 11) is 0. The van der Waals surface area contributed by atoms with Crippen molar-refractivity contribution in [3.05, 3.63) is 41.6 Å². The maximum Gasteiger partial charge on any atom is 0.0734 e. The fourth-order valence-electron chi connectivity index (χ4n) is 3.26. The summed E-state index contributed by atoms with van der Waals surface area (Å²) in [6.07, 6.45) is 5.72. The van der Waals surface area contributed by atoms with E-state index in [-0.39, 0.29) is 0 Å². The molecule has 1 aliphatic heterocycles. The van der Waals surface area contributed by atoms with Crippen LogP contribution in [0.25, 0.3) is 10.9 Å². The molecule has 0 amide bonds. The highest BCUT2D eigenvalue weighted by Gasteiger charge is 2.21. The summed E-state index contributed by atoms with van der Waals surface area (Å²) in [5.41, 5.74) is 9.68. The van der Waals surface area contributed by atoms with Crippen LogP contribution in [0.5, 0.6) is 0 Å². The van der Waals surface area contributed by atoms with Gasteiger partial charge in [-0.1, -0.05) is 24.6 Å². The molecule has 3 nitrogen and oxygen atoms in total. The minimum atomic E-state index is 0.539. The lowest BCUT2D eigenvalue weighted by molar-refractivity contribution is 0.145. The average Bonchev–Trinajstić information content (AvgIpc) is 2.51. The van der Waals surface area contributed by atoms with Gasteiger partial charge in [-0.25, -0.2) is 0 Å². The highest BCUT2D eigenvalue weighted by molar-refractivity contribution is 5.84. The van der Waals surface area contributed by atoms with Crippen LogP contribution in [0.1, 0.15) is 30.4 Å². The Morgan fingerprint density at radius 1 is 1.30 bits per heavy atom. The molecule has 1 aliphatic rings. The molecule has 0 radical (unpaired) electrons. The molecule has 0 saturated carbocycles. The zero-order chi connectivity index (χ0) is 13.9. The fraction of sp³-hybridized carbons (Fsp3) is 0.471. The van der Waals surface area contributed by atoms with E-state index in [1.54, 1.807) is 0 Å². The maximum atomic E-state index is 5.93. The molecular weight excluding hydrogens is 246 g/mol. The predicted octanol–water partition coefficient (Wildman–Crippen LogP) is 2.86. The average molecular weight is 269 g/mol. The smallest absolute Gasteiger partial charge is 0.0734 e. The van der Waals surface area contributed by atoms with E-state index in [1.807, 2.05) is 12.3 Å². The molecule has 0 spiro atoms. The molecule has 0 bridgehead atoms. The Kier molecular flexibility index (Phi) is 3.99. The molecule has 1 aromatic carbocycles. The molecule has 1 aromatic heterocycles. The first kappa shape index (κ1) is 13.5. The Balaban J connectivity index is 1.92. The van der Waals surface area contributed by atoms with Crippen LogP contribution < -0.4 is 5.73 Å². The molecule has 2 heterocycles. The number of likely N-dealkylation sites (tertiary alicyclic amines) is 1. The van der Waals surface area contributed by atoms with Crippen LogP contribution in [0.3, 0.4) is 0 Å². The van der Waals surface area contributed by atoms with Crippen LogP contribution in [0.2, 0.25) is 0 Å². The van der Waals surface area contributed by atoms with E-state index >= 15 is 0 Å². The third kappa shape index (κ3) is 2.56. The number of piperidine rings is 1. The van der Waals surface area contributed by atoms with Crippen molar-refractivity contribution in [2.75, 3.05) is 13.1 Å². The first-order chi connectivity index (χ1) is 9.79. The number of nitrogens with two attached hydrogens (primary N) is 1. The number of rotatable bonds is 3. The molecule has 106 valence electrons. The van der Waals surface area contributed by atoms with Crippen LogP contribution in [0.4, 0.5) is 0 Å². The van der Waals surface area contributed by atoms with Gasteiger partial charge < -0.3 is 5.73 Å². The van der Waals surface area contributed by atoms with Crippen LogP contribution in [-0.2, 0) is 6.54 Å². The highest BCUT2D eigenvalue weighted by Crippen LogP contribution is 2.24.